The molecule has 0 aromatic heterocycles. The Labute approximate surface area is 119 Å². The smallest absolute Gasteiger partial charge is 0.772 e. The van der Waals surface area contributed by atoms with Crippen LogP contribution in [0.1, 0.15) is 27.7 Å². The molecule has 0 heterocycles. The quantitative estimate of drug-likeness (QED) is 0.495. The van der Waals surface area contributed by atoms with Crippen molar-refractivity contribution in [1.29, 1.82) is 0 Å². The molecule has 0 aromatic carbocycles. The van der Waals surface area contributed by atoms with Gasteiger partial charge in [0.25, 0.3) is 0 Å². The number of hydrogen-bond acceptors (Lipinski definition) is 3. The second-order valence-corrected chi connectivity index (χ2v) is 10.9. The van der Waals surface area contributed by atoms with Gasteiger partial charge in [-0.15, -0.1) is 0 Å². The van der Waals surface area contributed by atoms with E-state index in [9.17, 15) is 8.76 Å². The fourth-order valence-corrected chi connectivity index (χ4v) is 2.92. The Kier molecular flexibility index (Phi) is 8.56. The summed E-state index contributed by atoms with van der Waals surface area (Å²) in [6.07, 6.45) is -0.200. The molecule has 6 heteroatoms. The molecule has 0 spiro atoms. The van der Waals surface area contributed by atoms with E-state index in [1.165, 1.54) is 0 Å². The minimum atomic E-state index is -2.01. The van der Waals surface area contributed by atoms with Crippen LogP contribution in [0.3, 0.4) is 0 Å². The van der Waals surface area contributed by atoms with Gasteiger partial charge in [-0.25, -0.2) is 0 Å². The third-order valence-electron chi connectivity index (χ3n) is 2.67. The maximum absolute atomic E-state index is 10.5. The first-order chi connectivity index (χ1) is 6.06. The standard InChI is InChI=1S/C9H22O3SSi.Na/c1-8(7-13(10)11)12-14(5,6)9(2,3)4;/h8H,7H2,1-6H3,(H,10,11);/q;+1/p-1. The van der Waals surface area contributed by atoms with Crippen molar-refractivity contribution in [2.45, 2.75) is 51.9 Å². The third kappa shape index (κ3) is 7.26. The molecule has 2 unspecified atom stereocenters. The fourth-order valence-electron chi connectivity index (χ4n) is 0.905. The summed E-state index contributed by atoms with van der Waals surface area (Å²) in [4.78, 5) is 0. The predicted molar refractivity (Wildman–Crippen MR) is 61.5 cm³/mol. The molecule has 0 rings (SSSR count). The average molecular weight is 260 g/mol. The Hall–Kier alpha value is 1.29. The van der Waals surface area contributed by atoms with Gasteiger partial charge in [0.05, 0.1) is 6.10 Å². The normalized spacial score (nSPS) is 16.7. The summed E-state index contributed by atoms with van der Waals surface area (Å²) in [5.41, 5.74) is 0. The average Bonchev–Trinajstić information content (AvgIpc) is 1.79. The predicted octanol–water partition coefficient (Wildman–Crippen LogP) is -0.720. The molecular weight excluding hydrogens is 239 g/mol. The number of hydrogen-bond donors (Lipinski definition) is 0. The molecule has 0 aliphatic carbocycles. The van der Waals surface area contributed by atoms with Crippen molar-refractivity contribution >= 4 is 19.4 Å². The Morgan fingerprint density at radius 2 is 1.80 bits per heavy atom. The molecule has 2 atom stereocenters. The largest absolute Gasteiger partial charge is 1.00 e. The van der Waals surface area contributed by atoms with E-state index < -0.39 is 19.4 Å². The minimum absolute atomic E-state index is 0. The van der Waals surface area contributed by atoms with Crippen molar-refractivity contribution in [3.63, 3.8) is 0 Å². The van der Waals surface area contributed by atoms with E-state index in [0.29, 0.717) is 0 Å². The summed E-state index contributed by atoms with van der Waals surface area (Å²) in [5.74, 6) is 0.0898. The topological polar surface area (TPSA) is 49.4 Å². The van der Waals surface area contributed by atoms with Crippen molar-refractivity contribution < 1.29 is 42.7 Å². The zero-order valence-corrected chi connectivity index (χ0v) is 14.7. The van der Waals surface area contributed by atoms with Crippen molar-refractivity contribution in [2.24, 2.45) is 0 Å². The van der Waals surface area contributed by atoms with E-state index in [1.54, 1.807) is 0 Å². The van der Waals surface area contributed by atoms with Gasteiger partial charge in [0, 0.05) is 5.75 Å². The van der Waals surface area contributed by atoms with Crippen LogP contribution in [-0.4, -0.2) is 28.9 Å². The molecule has 0 aliphatic heterocycles. The first kappa shape index (κ1) is 18.6. The molecule has 3 nitrogen and oxygen atoms in total. The summed E-state index contributed by atoms with van der Waals surface area (Å²) >= 11 is -2.01. The molecule has 0 amide bonds. The van der Waals surface area contributed by atoms with Gasteiger partial charge in [0.15, 0.2) is 8.32 Å². The van der Waals surface area contributed by atoms with E-state index in [2.05, 4.69) is 33.9 Å². The third-order valence-corrected chi connectivity index (χ3v) is 8.02. The summed E-state index contributed by atoms with van der Waals surface area (Å²) in [5, 5.41) is 0.131. The summed E-state index contributed by atoms with van der Waals surface area (Å²) in [6, 6.07) is 0. The molecule has 0 aliphatic rings. The van der Waals surface area contributed by atoms with Crippen LogP contribution in [0.4, 0.5) is 0 Å². The summed E-state index contributed by atoms with van der Waals surface area (Å²) in [6.45, 7) is 12.5. The van der Waals surface area contributed by atoms with Gasteiger partial charge in [0.1, 0.15) is 0 Å². The molecule has 0 radical (unpaired) electrons. The molecule has 0 saturated carbocycles. The van der Waals surface area contributed by atoms with E-state index in [-0.39, 0.29) is 46.5 Å². The van der Waals surface area contributed by atoms with E-state index in [4.69, 9.17) is 4.43 Å². The molecular formula is C9H21NaO3SSi. The van der Waals surface area contributed by atoms with E-state index in [1.807, 2.05) is 6.92 Å². The minimum Gasteiger partial charge on any atom is -0.772 e. The van der Waals surface area contributed by atoms with Crippen LogP contribution >= 0.6 is 0 Å². The van der Waals surface area contributed by atoms with Crippen LogP contribution in [0, 0.1) is 0 Å². The van der Waals surface area contributed by atoms with Gasteiger partial charge in [-0.3, -0.25) is 4.21 Å². The van der Waals surface area contributed by atoms with E-state index in [0.717, 1.165) is 0 Å². The summed E-state index contributed by atoms with van der Waals surface area (Å²) in [7, 11) is -1.81. The maximum Gasteiger partial charge on any atom is 1.00 e. The Bertz CT molecular complexity index is 216. The fraction of sp³-hybridized carbons (Fsp3) is 1.00. The summed E-state index contributed by atoms with van der Waals surface area (Å²) < 4.78 is 26.8. The monoisotopic (exact) mass is 260 g/mol. The van der Waals surface area contributed by atoms with Gasteiger partial charge in [-0.05, 0) is 25.1 Å². The van der Waals surface area contributed by atoms with Crippen LogP contribution < -0.4 is 29.6 Å². The number of rotatable bonds is 4. The SMILES string of the molecule is CC(CS(=O)[O-])O[Si](C)(C)C(C)(C)C.[Na+]. The van der Waals surface area contributed by atoms with Gasteiger partial charge >= 0.3 is 29.6 Å². The molecule has 0 bridgehead atoms. The first-order valence-electron chi connectivity index (χ1n) is 4.80. The second-order valence-electron chi connectivity index (χ2n) is 5.16. The first-order valence-corrected chi connectivity index (χ1v) is 8.95. The Morgan fingerprint density at radius 3 is 2.07 bits per heavy atom. The van der Waals surface area contributed by atoms with Crippen LogP contribution in [0.5, 0.6) is 0 Å². The Balaban J connectivity index is 0. The zero-order valence-electron chi connectivity index (χ0n) is 10.9. The maximum atomic E-state index is 10.5. The molecule has 0 fully saturated rings. The zero-order chi connectivity index (χ0) is 11.6. The molecule has 0 N–H and O–H groups in total. The second kappa shape index (κ2) is 6.89. The van der Waals surface area contributed by atoms with Crippen molar-refractivity contribution in [3.05, 3.63) is 0 Å². The van der Waals surface area contributed by atoms with Crippen molar-refractivity contribution in [3.8, 4) is 0 Å². The Morgan fingerprint density at radius 1 is 1.40 bits per heavy atom. The molecule has 86 valence electrons. The van der Waals surface area contributed by atoms with Crippen LogP contribution in [0.2, 0.25) is 18.1 Å². The van der Waals surface area contributed by atoms with Crippen LogP contribution in [0.25, 0.3) is 0 Å². The van der Waals surface area contributed by atoms with Crippen LogP contribution in [-0.2, 0) is 15.5 Å². The van der Waals surface area contributed by atoms with Crippen molar-refractivity contribution in [1.82, 2.24) is 0 Å². The van der Waals surface area contributed by atoms with Gasteiger partial charge < -0.3 is 8.98 Å². The van der Waals surface area contributed by atoms with Gasteiger partial charge in [-0.1, -0.05) is 31.9 Å². The van der Waals surface area contributed by atoms with Crippen molar-refractivity contribution in [2.75, 3.05) is 5.75 Å². The molecule has 0 aromatic rings. The van der Waals surface area contributed by atoms with Gasteiger partial charge in [-0.2, -0.15) is 0 Å². The van der Waals surface area contributed by atoms with Gasteiger partial charge in [0.2, 0.25) is 0 Å². The van der Waals surface area contributed by atoms with E-state index >= 15 is 0 Å². The molecule has 0 saturated heterocycles. The molecule has 15 heavy (non-hydrogen) atoms. The van der Waals surface area contributed by atoms with Crippen LogP contribution in [0.15, 0.2) is 0 Å².